The summed E-state index contributed by atoms with van der Waals surface area (Å²) >= 11 is 6.00. The van der Waals surface area contributed by atoms with E-state index in [1.165, 1.54) is 0 Å². The molecule has 150 valence electrons. The van der Waals surface area contributed by atoms with E-state index in [9.17, 15) is 4.79 Å². The van der Waals surface area contributed by atoms with E-state index >= 15 is 0 Å². The van der Waals surface area contributed by atoms with E-state index in [2.05, 4.69) is 10.6 Å². The number of halogens is 1. The number of ether oxygens (including phenoxy) is 1. The molecule has 0 aliphatic carbocycles. The van der Waals surface area contributed by atoms with Gasteiger partial charge in [0.05, 0.1) is 12.3 Å². The molecule has 0 unspecified atom stereocenters. The van der Waals surface area contributed by atoms with Crippen LogP contribution in [0.4, 0.5) is 5.69 Å². The number of para-hydroxylation sites is 2. The minimum atomic E-state index is -0.531. The quantitative estimate of drug-likeness (QED) is 0.497. The summed E-state index contributed by atoms with van der Waals surface area (Å²) in [6.45, 7) is 4.47. The average Bonchev–Trinajstić information content (AvgIpc) is 2.74. The topological polar surface area (TPSA) is 50.4 Å². The molecule has 5 heteroatoms. The fourth-order valence-corrected chi connectivity index (χ4v) is 3.25. The first kappa shape index (κ1) is 20.9. The summed E-state index contributed by atoms with van der Waals surface area (Å²) in [5.74, 6) is 0.505. The summed E-state index contributed by atoms with van der Waals surface area (Å²) in [5, 5.41) is 7.14. The van der Waals surface area contributed by atoms with Crippen molar-refractivity contribution in [2.24, 2.45) is 0 Å². The molecular weight excluding hydrogens is 384 g/mol. The number of amides is 1. The van der Waals surface area contributed by atoms with Crippen molar-refractivity contribution in [1.82, 2.24) is 5.32 Å². The normalized spacial score (nSPS) is 12.8. The van der Waals surface area contributed by atoms with Crippen molar-refractivity contribution in [3.8, 4) is 5.75 Å². The second kappa shape index (κ2) is 10.1. The van der Waals surface area contributed by atoms with Gasteiger partial charge in [0.1, 0.15) is 11.8 Å². The van der Waals surface area contributed by atoms with E-state index in [1.54, 1.807) is 0 Å². The standard InChI is InChI=1S/C24H25ClN2O2/c1-3-29-22-12-8-7-11-21(22)27-24(28)23(19-9-5-4-6-10-19)26-17(2)18-13-15-20(25)16-14-18/h4-17,23,26H,3H2,1-2H3,(H,27,28)/t17-,23+/m1/s1. The van der Waals surface area contributed by atoms with Crippen molar-refractivity contribution >= 4 is 23.2 Å². The molecule has 0 fully saturated rings. The van der Waals surface area contributed by atoms with Gasteiger partial charge in [0.15, 0.2) is 0 Å². The van der Waals surface area contributed by atoms with E-state index in [4.69, 9.17) is 16.3 Å². The van der Waals surface area contributed by atoms with Crippen LogP contribution in [0.1, 0.15) is 37.1 Å². The molecule has 4 nitrogen and oxygen atoms in total. The van der Waals surface area contributed by atoms with E-state index in [0.717, 1.165) is 11.1 Å². The lowest BCUT2D eigenvalue weighted by Gasteiger charge is -2.24. The lowest BCUT2D eigenvalue weighted by molar-refractivity contribution is -0.118. The van der Waals surface area contributed by atoms with Crippen molar-refractivity contribution in [3.63, 3.8) is 0 Å². The number of benzene rings is 3. The minimum Gasteiger partial charge on any atom is -0.492 e. The summed E-state index contributed by atoms with van der Waals surface area (Å²) in [6, 6.07) is 24.2. The van der Waals surface area contributed by atoms with E-state index in [0.29, 0.717) is 23.1 Å². The molecule has 1 amide bonds. The van der Waals surface area contributed by atoms with Gasteiger partial charge in [-0.05, 0) is 49.2 Å². The third-order valence-electron chi connectivity index (χ3n) is 4.63. The molecule has 0 aliphatic heterocycles. The van der Waals surface area contributed by atoms with Gasteiger partial charge < -0.3 is 10.1 Å². The fraction of sp³-hybridized carbons (Fsp3) is 0.208. The second-order valence-corrected chi connectivity index (χ2v) is 7.14. The van der Waals surface area contributed by atoms with Crippen molar-refractivity contribution in [1.29, 1.82) is 0 Å². The average molecular weight is 409 g/mol. The Morgan fingerprint density at radius 1 is 0.931 bits per heavy atom. The van der Waals surface area contributed by atoms with Crippen LogP contribution in [0.15, 0.2) is 78.9 Å². The first-order valence-corrected chi connectivity index (χ1v) is 10.1. The SMILES string of the molecule is CCOc1ccccc1NC(=O)[C@@H](N[C@H](C)c1ccc(Cl)cc1)c1ccccc1. The Morgan fingerprint density at radius 3 is 2.28 bits per heavy atom. The maximum absolute atomic E-state index is 13.2. The lowest BCUT2D eigenvalue weighted by Crippen LogP contribution is -2.34. The molecule has 0 radical (unpaired) electrons. The zero-order chi connectivity index (χ0) is 20.6. The molecule has 0 spiro atoms. The van der Waals surface area contributed by atoms with Gasteiger partial charge in [-0.25, -0.2) is 0 Å². The third kappa shape index (κ3) is 5.59. The number of rotatable bonds is 8. The van der Waals surface area contributed by atoms with Crippen LogP contribution in [0, 0.1) is 0 Å². The van der Waals surface area contributed by atoms with Gasteiger partial charge in [-0.3, -0.25) is 10.1 Å². The molecule has 0 bridgehead atoms. The predicted molar refractivity (Wildman–Crippen MR) is 118 cm³/mol. The molecule has 2 N–H and O–H groups in total. The van der Waals surface area contributed by atoms with E-state index in [1.807, 2.05) is 92.7 Å². The van der Waals surface area contributed by atoms with Gasteiger partial charge in [0, 0.05) is 11.1 Å². The lowest BCUT2D eigenvalue weighted by atomic mass is 10.0. The van der Waals surface area contributed by atoms with Crippen molar-refractivity contribution in [3.05, 3.63) is 95.0 Å². The molecule has 3 aromatic carbocycles. The summed E-state index contributed by atoms with van der Waals surface area (Å²) in [6.07, 6.45) is 0. The van der Waals surface area contributed by atoms with E-state index in [-0.39, 0.29) is 11.9 Å². The Hall–Kier alpha value is -2.82. The Morgan fingerprint density at radius 2 is 1.59 bits per heavy atom. The highest BCUT2D eigenvalue weighted by molar-refractivity contribution is 6.30. The van der Waals surface area contributed by atoms with Crippen LogP contribution in [0.5, 0.6) is 5.75 Å². The summed E-state index contributed by atoms with van der Waals surface area (Å²) in [4.78, 5) is 13.2. The van der Waals surface area contributed by atoms with Gasteiger partial charge in [0.25, 0.3) is 0 Å². The Kier molecular flexibility index (Phi) is 7.28. The maximum atomic E-state index is 13.2. The highest BCUT2D eigenvalue weighted by atomic mass is 35.5. The summed E-state index contributed by atoms with van der Waals surface area (Å²) < 4.78 is 5.64. The van der Waals surface area contributed by atoms with Gasteiger partial charge in [-0.2, -0.15) is 0 Å². The first-order valence-electron chi connectivity index (χ1n) is 9.67. The zero-order valence-electron chi connectivity index (χ0n) is 16.6. The number of hydrogen-bond donors (Lipinski definition) is 2. The van der Waals surface area contributed by atoms with Crippen molar-refractivity contribution in [2.45, 2.75) is 25.9 Å². The number of carbonyl (C=O) groups is 1. The molecule has 0 heterocycles. The smallest absolute Gasteiger partial charge is 0.246 e. The molecular formula is C24H25ClN2O2. The molecule has 0 aliphatic rings. The molecule has 0 saturated heterocycles. The second-order valence-electron chi connectivity index (χ2n) is 6.70. The monoisotopic (exact) mass is 408 g/mol. The maximum Gasteiger partial charge on any atom is 0.246 e. The van der Waals surface area contributed by atoms with Crippen LogP contribution in [0.3, 0.4) is 0 Å². The van der Waals surface area contributed by atoms with Crippen LogP contribution < -0.4 is 15.4 Å². The van der Waals surface area contributed by atoms with Gasteiger partial charge in [-0.1, -0.05) is 66.2 Å². The molecule has 3 rings (SSSR count). The Labute approximate surface area is 176 Å². The number of nitrogens with one attached hydrogen (secondary N) is 2. The molecule has 29 heavy (non-hydrogen) atoms. The zero-order valence-corrected chi connectivity index (χ0v) is 17.3. The van der Waals surface area contributed by atoms with Crippen LogP contribution in [0.25, 0.3) is 0 Å². The number of carbonyl (C=O) groups excluding carboxylic acids is 1. The minimum absolute atomic E-state index is 0.0506. The van der Waals surface area contributed by atoms with Crippen LogP contribution >= 0.6 is 11.6 Å². The molecule has 0 saturated carbocycles. The van der Waals surface area contributed by atoms with E-state index < -0.39 is 6.04 Å². The van der Waals surface area contributed by atoms with Gasteiger partial charge in [0.2, 0.25) is 5.91 Å². The molecule has 2 atom stereocenters. The van der Waals surface area contributed by atoms with Crippen LogP contribution in [-0.2, 0) is 4.79 Å². The molecule has 3 aromatic rings. The predicted octanol–water partition coefficient (Wildman–Crippen LogP) is 5.77. The van der Waals surface area contributed by atoms with Gasteiger partial charge >= 0.3 is 0 Å². The Balaban J connectivity index is 1.84. The first-order chi connectivity index (χ1) is 14.1. The summed E-state index contributed by atoms with van der Waals surface area (Å²) in [7, 11) is 0. The number of anilines is 1. The molecule has 0 aromatic heterocycles. The third-order valence-corrected chi connectivity index (χ3v) is 4.88. The van der Waals surface area contributed by atoms with Crippen molar-refractivity contribution in [2.75, 3.05) is 11.9 Å². The highest BCUT2D eigenvalue weighted by Crippen LogP contribution is 2.27. The van der Waals surface area contributed by atoms with Crippen molar-refractivity contribution < 1.29 is 9.53 Å². The number of hydrogen-bond acceptors (Lipinski definition) is 3. The van der Waals surface area contributed by atoms with Gasteiger partial charge in [-0.15, -0.1) is 0 Å². The Bertz CT molecular complexity index is 929. The fourth-order valence-electron chi connectivity index (χ4n) is 3.12. The van der Waals surface area contributed by atoms with Crippen LogP contribution in [-0.4, -0.2) is 12.5 Å². The largest absolute Gasteiger partial charge is 0.492 e. The van der Waals surface area contributed by atoms with Crippen LogP contribution in [0.2, 0.25) is 5.02 Å². The summed E-state index contributed by atoms with van der Waals surface area (Å²) in [5.41, 5.74) is 2.60. The highest BCUT2D eigenvalue weighted by Gasteiger charge is 2.23.